The van der Waals surface area contributed by atoms with Gasteiger partial charge in [0.05, 0.1) is 24.8 Å². The van der Waals surface area contributed by atoms with Gasteiger partial charge in [0, 0.05) is 31.4 Å². The third-order valence-corrected chi connectivity index (χ3v) is 8.01. The molecule has 1 aromatic heterocycles. The Hall–Kier alpha value is -3.19. The number of thiol groups is 1. The number of hydrogen-bond donors (Lipinski definition) is 4. The Kier molecular flexibility index (Phi) is 9.27. The van der Waals surface area contributed by atoms with Crippen LogP contribution in [0.25, 0.3) is 0 Å². The zero-order chi connectivity index (χ0) is 29.8. The van der Waals surface area contributed by atoms with Crippen molar-refractivity contribution in [3.05, 3.63) is 66.0 Å². The second-order valence-electron chi connectivity index (χ2n) is 10.7. The molecule has 3 amide bonds. The maximum Gasteiger partial charge on any atom is 0.267 e. The van der Waals surface area contributed by atoms with Gasteiger partial charge in [-0.1, -0.05) is 36.4 Å². The average Bonchev–Trinajstić information content (AvgIpc) is 3.27. The largest absolute Gasteiger partial charge is 0.369 e. The van der Waals surface area contributed by atoms with Gasteiger partial charge in [-0.05, 0) is 37.0 Å². The Morgan fingerprint density at radius 3 is 2.34 bits per heavy atom. The standard InChI is InChI=1S/C28H32F4N4O4S/c29-26(30)11-9-19(10-12-26)24(38)36-17-27(31,32)15-21(36)23(37)35-22(14-18-6-2-1-3-7-18)28(40,41)25(39)34-16-20-8-4-5-13-33-20/h1-8,13,19,21-22,40-41H,9-12,14-17H2,(H,34,39)(H,35,37)/t21-,22-,28-/m1/s1. The van der Waals surface area contributed by atoms with E-state index in [-0.39, 0.29) is 25.8 Å². The summed E-state index contributed by atoms with van der Waals surface area (Å²) in [5, 5.41) is 16.2. The van der Waals surface area contributed by atoms with E-state index >= 15 is 0 Å². The van der Waals surface area contributed by atoms with Gasteiger partial charge in [0.25, 0.3) is 11.8 Å². The third-order valence-electron chi connectivity index (χ3n) is 7.50. The molecule has 0 bridgehead atoms. The first-order chi connectivity index (χ1) is 19.3. The maximum absolute atomic E-state index is 14.5. The monoisotopic (exact) mass is 596 g/mol. The highest BCUT2D eigenvalue weighted by Crippen LogP contribution is 2.40. The van der Waals surface area contributed by atoms with Crippen LogP contribution in [0.3, 0.4) is 0 Å². The van der Waals surface area contributed by atoms with Crippen molar-refractivity contribution < 1.29 is 37.1 Å². The van der Waals surface area contributed by atoms with Crippen LogP contribution >= 0.6 is 12.6 Å². The predicted octanol–water partition coefficient (Wildman–Crippen LogP) is 3.11. The second-order valence-corrected chi connectivity index (χ2v) is 11.3. The highest BCUT2D eigenvalue weighted by molar-refractivity contribution is 7.82. The second kappa shape index (κ2) is 12.4. The molecule has 0 spiro atoms. The van der Waals surface area contributed by atoms with E-state index in [1.54, 1.807) is 48.5 Å². The van der Waals surface area contributed by atoms with Crippen LogP contribution in [0.4, 0.5) is 17.6 Å². The number of alkyl halides is 4. The van der Waals surface area contributed by atoms with Gasteiger partial charge in [0.2, 0.25) is 22.7 Å². The molecule has 3 atom stereocenters. The Morgan fingerprint density at radius 1 is 1.05 bits per heavy atom. The van der Waals surface area contributed by atoms with Gasteiger partial charge >= 0.3 is 0 Å². The Morgan fingerprint density at radius 2 is 1.71 bits per heavy atom. The van der Waals surface area contributed by atoms with E-state index in [9.17, 15) is 37.1 Å². The zero-order valence-electron chi connectivity index (χ0n) is 22.1. The molecule has 3 N–H and O–H groups in total. The summed E-state index contributed by atoms with van der Waals surface area (Å²) < 4.78 is 56.3. The summed E-state index contributed by atoms with van der Waals surface area (Å²) in [6.45, 7) is -1.08. The molecule has 2 aromatic rings. The molecule has 2 aliphatic rings. The van der Waals surface area contributed by atoms with Crippen LogP contribution in [0.1, 0.15) is 43.4 Å². The van der Waals surface area contributed by atoms with Crippen molar-refractivity contribution in [1.82, 2.24) is 20.5 Å². The Bertz CT molecular complexity index is 1230. The molecule has 1 saturated heterocycles. The van der Waals surface area contributed by atoms with Crippen LogP contribution in [0, 0.1) is 5.92 Å². The van der Waals surface area contributed by atoms with Crippen molar-refractivity contribution in [3.63, 3.8) is 0 Å². The number of hydrogen-bond acceptors (Lipinski definition) is 6. The third kappa shape index (κ3) is 7.76. The van der Waals surface area contributed by atoms with E-state index < -0.39 is 78.3 Å². The molecule has 0 radical (unpaired) electrons. The number of carbonyl (C=O) groups is 3. The average molecular weight is 597 g/mol. The molecule has 1 aliphatic heterocycles. The van der Waals surface area contributed by atoms with Gasteiger partial charge in [-0.2, -0.15) is 0 Å². The van der Waals surface area contributed by atoms with E-state index in [1.807, 2.05) is 0 Å². The van der Waals surface area contributed by atoms with Crippen molar-refractivity contribution >= 4 is 30.4 Å². The van der Waals surface area contributed by atoms with Crippen molar-refractivity contribution in [2.45, 2.75) is 73.9 Å². The van der Waals surface area contributed by atoms with Gasteiger partial charge in [0.1, 0.15) is 6.04 Å². The van der Waals surface area contributed by atoms with Crippen LogP contribution in [0.5, 0.6) is 0 Å². The lowest BCUT2D eigenvalue weighted by Crippen LogP contribution is -2.61. The van der Waals surface area contributed by atoms with E-state index in [2.05, 4.69) is 28.2 Å². The number of amides is 3. The molecule has 1 aliphatic carbocycles. The van der Waals surface area contributed by atoms with E-state index in [1.165, 1.54) is 6.20 Å². The molecule has 2 heterocycles. The first kappa shape index (κ1) is 30.8. The number of nitrogens with one attached hydrogen (secondary N) is 2. The zero-order valence-corrected chi connectivity index (χ0v) is 23.0. The van der Waals surface area contributed by atoms with Gasteiger partial charge in [-0.15, -0.1) is 12.6 Å². The van der Waals surface area contributed by atoms with Crippen LogP contribution < -0.4 is 10.6 Å². The summed E-state index contributed by atoms with van der Waals surface area (Å²) in [5.41, 5.74) is 1.10. The molecule has 13 heteroatoms. The van der Waals surface area contributed by atoms with Gasteiger partial charge in [-0.3, -0.25) is 19.4 Å². The summed E-state index contributed by atoms with van der Waals surface area (Å²) in [7, 11) is 0. The van der Waals surface area contributed by atoms with Crippen LogP contribution in [0.2, 0.25) is 0 Å². The lowest BCUT2D eigenvalue weighted by molar-refractivity contribution is -0.146. The molecule has 41 heavy (non-hydrogen) atoms. The summed E-state index contributed by atoms with van der Waals surface area (Å²) >= 11 is 4.18. The fourth-order valence-electron chi connectivity index (χ4n) is 5.18. The number of halogens is 4. The number of carbonyl (C=O) groups excluding carboxylic acids is 3. The maximum atomic E-state index is 14.5. The van der Waals surface area contributed by atoms with Crippen molar-refractivity contribution in [1.29, 1.82) is 0 Å². The number of nitrogens with zero attached hydrogens (tertiary/aromatic N) is 2. The minimum absolute atomic E-state index is 0.0495. The molecule has 222 valence electrons. The lowest BCUT2D eigenvalue weighted by Gasteiger charge is -2.35. The molecular weight excluding hydrogens is 564 g/mol. The first-order valence-electron chi connectivity index (χ1n) is 13.3. The highest BCUT2D eigenvalue weighted by Gasteiger charge is 2.53. The lowest BCUT2D eigenvalue weighted by atomic mass is 9.85. The van der Waals surface area contributed by atoms with Crippen LogP contribution in [-0.4, -0.2) is 68.1 Å². The molecule has 1 saturated carbocycles. The smallest absolute Gasteiger partial charge is 0.267 e. The molecule has 0 unspecified atom stereocenters. The number of benzene rings is 1. The molecule has 4 rings (SSSR count). The molecular formula is C28H32F4N4O4S. The molecule has 1 aromatic carbocycles. The summed E-state index contributed by atoms with van der Waals surface area (Å²) in [6.07, 6.45) is -0.984. The molecule has 8 nitrogen and oxygen atoms in total. The first-order valence-corrected chi connectivity index (χ1v) is 13.8. The SMILES string of the molecule is O=C(N[C@H](Cc1ccccc1)[C@@](O)(S)C(=O)NCc1ccccn1)[C@H]1CC(F)(F)CN1C(=O)C1CCC(F)(F)CC1. The minimum Gasteiger partial charge on any atom is -0.369 e. The fourth-order valence-corrected chi connectivity index (χ4v) is 5.41. The van der Waals surface area contributed by atoms with Crippen LogP contribution in [-0.2, 0) is 27.3 Å². The van der Waals surface area contributed by atoms with E-state index in [4.69, 9.17) is 0 Å². The van der Waals surface area contributed by atoms with Crippen molar-refractivity contribution in [2.24, 2.45) is 5.92 Å². The Labute approximate surface area is 240 Å². The topological polar surface area (TPSA) is 112 Å². The van der Waals surface area contributed by atoms with E-state index in [0.29, 0.717) is 11.3 Å². The van der Waals surface area contributed by atoms with Gasteiger partial charge in [0.15, 0.2) is 0 Å². The van der Waals surface area contributed by atoms with Crippen molar-refractivity contribution in [2.75, 3.05) is 6.54 Å². The van der Waals surface area contributed by atoms with Crippen LogP contribution in [0.15, 0.2) is 54.7 Å². The summed E-state index contributed by atoms with van der Waals surface area (Å²) in [6, 6.07) is 10.6. The fraction of sp³-hybridized carbons (Fsp3) is 0.500. The predicted molar refractivity (Wildman–Crippen MR) is 144 cm³/mol. The Balaban J connectivity index is 1.52. The highest BCUT2D eigenvalue weighted by atomic mass is 32.1. The quantitative estimate of drug-likeness (QED) is 0.202. The number of rotatable bonds is 9. The van der Waals surface area contributed by atoms with E-state index in [0.717, 1.165) is 4.90 Å². The minimum atomic E-state index is -3.39. The number of aliphatic hydroxyl groups is 1. The number of aromatic nitrogens is 1. The van der Waals surface area contributed by atoms with Gasteiger partial charge in [-0.25, -0.2) is 17.6 Å². The summed E-state index contributed by atoms with van der Waals surface area (Å²) in [5.74, 6) is -9.96. The molecule has 2 fully saturated rings. The van der Waals surface area contributed by atoms with Crippen molar-refractivity contribution in [3.8, 4) is 0 Å². The number of pyridine rings is 1. The normalized spacial score (nSPS) is 22.4. The summed E-state index contributed by atoms with van der Waals surface area (Å²) in [4.78, 5) is 42.0. The number of likely N-dealkylation sites (tertiary alicyclic amines) is 1. The van der Waals surface area contributed by atoms with Gasteiger partial charge < -0.3 is 20.6 Å².